The molecule has 2 saturated heterocycles. The summed E-state index contributed by atoms with van der Waals surface area (Å²) in [7, 11) is 0. The zero-order chi connectivity index (χ0) is 8.55. The largest absolute Gasteiger partial charge is 0.393 e. The fourth-order valence-corrected chi connectivity index (χ4v) is 2.63. The van der Waals surface area contributed by atoms with Crippen molar-refractivity contribution in [2.24, 2.45) is 0 Å². The Morgan fingerprint density at radius 1 is 1.33 bits per heavy atom. The van der Waals surface area contributed by atoms with Crippen LogP contribution in [0.1, 0.15) is 25.7 Å². The standard InChI is InChI=1S/C9H15NO2/c11-4-3-10-7-1-2-8(10)6-9(12)5-7/h4,7-9,12H,1-3,5-6H2/t7-,8+,9?. The summed E-state index contributed by atoms with van der Waals surface area (Å²) in [5.74, 6) is 0. The van der Waals surface area contributed by atoms with E-state index in [0.29, 0.717) is 18.6 Å². The number of aliphatic hydroxyl groups excluding tert-OH is 1. The van der Waals surface area contributed by atoms with Gasteiger partial charge in [0.25, 0.3) is 0 Å². The smallest absolute Gasteiger partial charge is 0.134 e. The molecule has 2 aliphatic rings. The van der Waals surface area contributed by atoms with Crippen LogP contribution in [-0.2, 0) is 4.79 Å². The Morgan fingerprint density at radius 3 is 2.42 bits per heavy atom. The van der Waals surface area contributed by atoms with Gasteiger partial charge in [0.05, 0.1) is 12.6 Å². The summed E-state index contributed by atoms with van der Waals surface area (Å²) >= 11 is 0. The van der Waals surface area contributed by atoms with Gasteiger partial charge in [-0.05, 0) is 25.7 Å². The number of aldehydes is 1. The molecule has 0 aromatic carbocycles. The predicted octanol–water partition coefficient (Wildman–Crippen LogP) is 0.173. The predicted molar refractivity (Wildman–Crippen MR) is 44.8 cm³/mol. The summed E-state index contributed by atoms with van der Waals surface area (Å²) in [4.78, 5) is 12.6. The average Bonchev–Trinajstić information content (AvgIpc) is 2.32. The van der Waals surface area contributed by atoms with Crippen molar-refractivity contribution in [3.8, 4) is 0 Å². The number of carbonyl (C=O) groups excluding carboxylic acids is 1. The lowest BCUT2D eigenvalue weighted by Gasteiger charge is -2.35. The highest BCUT2D eigenvalue weighted by molar-refractivity contribution is 5.52. The van der Waals surface area contributed by atoms with E-state index in [2.05, 4.69) is 4.90 Å². The molecule has 1 N–H and O–H groups in total. The van der Waals surface area contributed by atoms with Crippen LogP contribution in [0.4, 0.5) is 0 Å². The van der Waals surface area contributed by atoms with Gasteiger partial charge in [-0.2, -0.15) is 0 Å². The summed E-state index contributed by atoms with van der Waals surface area (Å²) in [6.45, 7) is 0.558. The minimum atomic E-state index is -0.120. The molecule has 0 spiro atoms. The second-order valence-electron chi connectivity index (χ2n) is 3.87. The zero-order valence-corrected chi connectivity index (χ0v) is 7.15. The lowest BCUT2D eigenvalue weighted by molar-refractivity contribution is -0.110. The topological polar surface area (TPSA) is 40.5 Å². The van der Waals surface area contributed by atoms with Crippen molar-refractivity contribution in [1.29, 1.82) is 0 Å². The molecule has 2 rings (SSSR count). The summed E-state index contributed by atoms with van der Waals surface area (Å²) < 4.78 is 0. The Balaban J connectivity index is 2.03. The Morgan fingerprint density at radius 2 is 1.92 bits per heavy atom. The van der Waals surface area contributed by atoms with E-state index >= 15 is 0 Å². The molecule has 2 aliphatic heterocycles. The Hall–Kier alpha value is -0.410. The highest BCUT2D eigenvalue weighted by Crippen LogP contribution is 2.34. The van der Waals surface area contributed by atoms with E-state index in [1.54, 1.807) is 0 Å². The SMILES string of the molecule is O=CCN1[C@@H]2CC[C@H]1CC(O)C2. The fraction of sp³-hybridized carbons (Fsp3) is 0.889. The molecule has 0 saturated carbocycles. The molecule has 3 nitrogen and oxygen atoms in total. The highest BCUT2D eigenvalue weighted by Gasteiger charge is 2.39. The van der Waals surface area contributed by atoms with Crippen molar-refractivity contribution in [2.75, 3.05) is 6.54 Å². The van der Waals surface area contributed by atoms with Crippen molar-refractivity contribution >= 4 is 6.29 Å². The Labute approximate surface area is 72.4 Å². The monoisotopic (exact) mass is 169 g/mol. The van der Waals surface area contributed by atoms with Crippen LogP contribution >= 0.6 is 0 Å². The normalized spacial score (nSPS) is 41.6. The molecule has 12 heavy (non-hydrogen) atoms. The number of aliphatic hydroxyl groups is 1. The maximum absolute atomic E-state index is 10.4. The first-order chi connectivity index (χ1) is 5.81. The van der Waals surface area contributed by atoms with Gasteiger partial charge in [-0.15, -0.1) is 0 Å². The van der Waals surface area contributed by atoms with Crippen molar-refractivity contribution in [1.82, 2.24) is 4.90 Å². The second kappa shape index (κ2) is 3.15. The average molecular weight is 169 g/mol. The van der Waals surface area contributed by atoms with Crippen LogP contribution in [0.2, 0.25) is 0 Å². The van der Waals surface area contributed by atoms with Crippen molar-refractivity contribution in [3.63, 3.8) is 0 Å². The van der Waals surface area contributed by atoms with Gasteiger partial charge in [-0.3, -0.25) is 4.90 Å². The molecule has 0 aromatic rings. The Bertz CT molecular complexity index is 169. The first kappa shape index (κ1) is 8.20. The highest BCUT2D eigenvalue weighted by atomic mass is 16.3. The van der Waals surface area contributed by atoms with Gasteiger partial charge in [0.15, 0.2) is 0 Å². The molecule has 68 valence electrons. The summed E-state index contributed by atoms with van der Waals surface area (Å²) in [5, 5.41) is 9.46. The number of carbonyl (C=O) groups is 1. The van der Waals surface area contributed by atoms with Gasteiger partial charge in [-0.25, -0.2) is 0 Å². The van der Waals surface area contributed by atoms with E-state index in [9.17, 15) is 9.90 Å². The number of hydrogen-bond acceptors (Lipinski definition) is 3. The molecule has 0 radical (unpaired) electrons. The maximum Gasteiger partial charge on any atom is 0.134 e. The lowest BCUT2D eigenvalue weighted by atomic mass is 10.0. The van der Waals surface area contributed by atoms with Crippen molar-refractivity contribution in [2.45, 2.75) is 43.9 Å². The Kier molecular flexibility index (Phi) is 2.15. The molecular formula is C9H15NO2. The fourth-order valence-electron chi connectivity index (χ4n) is 2.63. The maximum atomic E-state index is 10.4. The van der Waals surface area contributed by atoms with Crippen molar-refractivity contribution in [3.05, 3.63) is 0 Å². The van der Waals surface area contributed by atoms with Gasteiger partial charge < -0.3 is 9.90 Å². The van der Waals surface area contributed by atoms with E-state index < -0.39 is 0 Å². The number of rotatable bonds is 2. The van der Waals surface area contributed by atoms with Gasteiger partial charge in [-0.1, -0.05) is 0 Å². The minimum Gasteiger partial charge on any atom is -0.393 e. The molecule has 0 aliphatic carbocycles. The van der Waals surface area contributed by atoms with Gasteiger partial charge in [0, 0.05) is 12.1 Å². The third-order valence-corrected chi connectivity index (χ3v) is 3.14. The van der Waals surface area contributed by atoms with E-state index in [4.69, 9.17) is 0 Å². The number of nitrogens with zero attached hydrogens (tertiary/aromatic N) is 1. The van der Waals surface area contributed by atoms with Crippen LogP contribution in [0.25, 0.3) is 0 Å². The molecule has 0 amide bonds. The van der Waals surface area contributed by atoms with Crippen LogP contribution in [0.5, 0.6) is 0 Å². The molecule has 0 aromatic heterocycles. The summed E-state index contributed by atoms with van der Waals surface area (Å²) in [6, 6.07) is 0.952. The second-order valence-corrected chi connectivity index (χ2v) is 3.87. The van der Waals surface area contributed by atoms with Gasteiger partial charge >= 0.3 is 0 Å². The van der Waals surface area contributed by atoms with Crippen LogP contribution in [0, 0.1) is 0 Å². The molecule has 3 heteroatoms. The van der Waals surface area contributed by atoms with Crippen LogP contribution in [0.3, 0.4) is 0 Å². The molecule has 3 atom stereocenters. The number of piperidine rings is 1. The molecular weight excluding hydrogens is 154 g/mol. The lowest BCUT2D eigenvalue weighted by Crippen LogP contribution is -2.45. The quantitative estimate of drug-likeness (QED) is 0.599. The third-order valence-electron chi connectivity index (χ3n) is 3.14. The van der Waals surface area contributed by atoms with E-state index in [1.165, 1.54) is 0 Å². The van der Waals surface area contributed by atoms with E-state index in [1.807, 2.05) is 0 Å². The van der Waals surface area contributed by atoms with Crippen LogP contribution < -0.4 is 0 Å². The number of hydrogen-bond donors (Lipinski definition) is 1. The minimum absolute atomic E-state index is 0.120. The van der Waals surface area contributed by atoms with E-state index in [0.717, 1.165) is 32.0 Å². The molecule has 2 heterocycles. The van der Waals surface area contributed by atoms with Crippen LogP contribution in [-0.4, -0.2) is 41.0 Å². The first-order valence-corrected chi connectivity index (χ1v) is 4.68. The molecule has 2 bridgehead atoms. The molecule has 2 fully saturated rings. The molecule has 1 unspecified atom stereocenters. The summed E-state index contributed by atoms with van der Waals surface area (Å²) in [6.07, 6.45) is 4.91. The van der Waals surface area contributed by atoms with Gasteiger partial charge in [0.2, 0.25) is 0 Å². The summed E-state index contributed by atoms with van der Waals surface area (Å²) in [5.41, 5.74) is 0. The first-order valence-electron chi connectivity index (χ1n) is 4.68. The van der Waals surface area contributed by atoms with E-state index in [-0.39, 0.29) is 6.10 Å². The van der Waals surface area contributed by atoms with Crippen molar-refractivity contribution < 1.29 is 9.90 Å². The zero-order valence-electron chi connectivity index (χ0n) is 7.15. The number of fused-ring (bicyclic) bond motifs is 2. The third kappa shape index (κ3) is 1.27. The van der Waals surface area contributed by atoms with Crippen LogP contribution in [0.15, 0.2) is 0 Å². The van der Waals surface area contributed by atoms with Gasteiger partial charge in [0.1, 0.15) is 6.29 Å².